The number of halogens is 2. The van der Waals surface area contributed by atoms with E-state index in [4.69, 9.17) is 42.0 Å². The number of benzene rings is 3. The fourth-order valence-corrected chi connectivity index (χ4v) is 9.08. The number of allylic oxidation sites excluding steroid dienone is 3. The van der Waals surface area contributed by atoms with Gasteiger partial charge in [-0.15, -0.1) is 17.8 Å². The molecule has 2 aliphatic rings. The van der Waals surface area contributed by atoms with Crippen LogP contribution >= 0.6 is 22.9 Å². The van der Waals surface area contributed by atoms with Gasteiger partial charge in [0.1, 0.15) is 52.0 Å². The first kappa shape index (κ1) is 44.2. The number of terminal acetylenes is 1. The number of carboxylic acid groups (broad SMARTS) is 1. The summed E-state index contributed by atoms with van der Waals surface area (Å²) in [6.07, 6.45) is 12.3. The number of aromatic nitrogens is 4. The number of carboxylic acids is 1. The standard InChI is InChI=1S/C49H46ClFN6O6S/c1-4-39(50)42-11-7-9-38-44-47(53-30-54-48(44)64-45(38)32-14-16-34(51)17-15-32)63-43(49(58)59)27-33-26-31(12-18-36(62-42)28-57-24-22-56(2)23-25-57)13-19-40(33)61-29-35-20-21-52-46(55-35)37-8-5-6-10-41(37)60-3/h1,5-8,10-11,13-17,19-21,26,30,36,43H,9,12,18,22-25,27-29H2,2-3H3,(H,58,59)/b11-7-,42-39-/t36-,43-/m0/s1. The molecule has 0 unspecified atom stereocenters. The van der Waals surface area contributed by atoms with Gasteiger partial charge in [-0.2, -0.15) is 0 Å². The summed E-state index contributed by atoms with van der Waals surface area (Å²) in [6.45, 7) is 4.36. The fraction of sp³-hybridized carbons (Fsp3) is 0.286. The number of carbonyl (C=O) groups is 1. The second-order valence-corrected chi connectivity index (χ2v) is 16.9. The zero-order valence-electron chi connectivity index (χ0n) is 35.4. The van der Waals surface area contributed by atoms with Crippen LogP contribution in [0.3, 0.4) is 0 Å². The molecule has 3 aromatic heterocycles. The van der Waals surface area contributed by atoms with Gasteiger partial charge in [-0.3, -0.25) is 4.90 Å². The van der Waals surface area contributed by atoms with E-state index in [0.717, 1.165) is 53.3 Å². The molecular formula is C49H46ClFN6O6S. The summed E-state index contributed by atoms with van der Waals surface area (Å²) in [4.78, 5) is 37.5. The van der Waals surface area contributed by atoms with E-state index in [1.165, 1.54) is 29.8 Å². The molecule has 1 saturated heterocycles. The highest BCUT2D eigenvalue weighted by Crippen LogP contribution is 2.42. The summed E-state index contributed by atoms with van der Waals surface area (Å²) in [5.41, 5.74) is 4.41. The molecule has 15 heteroatoms. The van der Waals surface area contributed by atoms with Gasteiger partial charge in [0, 0.05) is 50.2 Å². The number of piperazine rings is 1. The second-order valence-electron chi connectivity index (χ2n) is 15.5. The maximum Gasteiger partial charge on any atom is 0.345 e. The van der Waals surface area contributed by atoms with Gasteiger partial charge in [0.15, 0.2) is 5.82 Å². The van der Waals surface area contributed by atoms with Crippen molar-refractivity contribution < 1.29 is 33.2 Å². The Morgan fingerprint density at radius 3 is 2.62 bits per heavy atom. The van der Waals surface area contributed by atoms with Crippen LogP contribution in [-0.2, 0) is 35.4 Å². The van der Waals surface area contributed by atoms with E-state index in [1.54, 1.807) is 37.6 Å². The average molecular weight is 901 g/mol. The molecule has 8 rings (SSSR count). The van der Waals surface area contributed by atoms with Crippen molar-refractivity contribution in [2.45, 2.75) is 44.5 Å². The number of hydrogen-bond acceptors (Lipinski definition) is 12. The summed E-state index contributed by atoms with van der Waals surface area (Å²) in [5.74, 6) is 3.04. The van der Waals surface area contributed by atoms with Gasteiger partial charge in [-0.05, 0) is 91.0 Å². The molecule has 328 valence electrons. The number of methoxy groups -OCH3 is 1. The highest BCUT2D eigenvalue weighted by Gasteiger charge is 2.28. The molecule has 1 fully saturated rings. The summed E-state index contributed by atoms with van der Waals surface area (Å²) in [5, 5.41) is 11.4. The SMILES string of the molecule is C#C/C(Cl)=C1\C=C/Cc2c(-c3ccc(F)cc3)sc3ncnc(c23)O[C@H](C(=O)O)Cc2cc(ccc2OCc2ccnc(-c3ccccc3OC)n2)CC[C@@H](CN2CCN(C)CC2)O1. The molecule has 0 aliphatic carbocycles. The molecule has 2 bridgehead atoms. The van der Waals surface area contributed by atoms with Crippen LogP contribution in [0.25, 0.3) is 32.0 Å². The van der Waals surface area contributed by atoms with Crippen LogP contribution in [-0.4, -0.2) is 99.9 Å². The third-order valence-corrected chi connectivity index (χ3v) is 12.7. The predicted octanol–water partition coefficient (Wildman–Crippen LogP) is 8.38. The lowest BCUT2D eigenvalue weighted by atomic mass is 9.99. The van der Waals surface area contributed by atoms with Gasteiger partial charge < -0.3 is 29.0 Å². The molecule has 64 heavy (non-hydrogen) atoms. The minimum Gasteiger partial charge on any atom is -0.496 e. The van der Waals surface area contributed by atoms with Crippen LogP contribution < -0.4 is 14.2 Å². The number of hydrogen-bond donors (Lipinski definition) is 1. The molecule has 3 aromatic carbocycles. The lowest BCUT2D eigenvalue weighted by Crippen LogP contribution is -2.47. The highest BCUT2D eigenvalue weighted by atomic mass is 35.5. The maximum absolute atomic E-state index is 14.2. The van der Waals surface area contributed by atoms with Gasteiger partial charge >= 0.3 is 5.97 Å². The first-order chi connectivity index (χ1) is 31.1. The Morgan fingerprint density at radius 2 is 1.84 bits per heavy atom. The van der Waals surface area contributed by atoms with Crippen molar-refractivity contribution in [3.8, 4) is 51.6 Å². The number of nitrogens with zero attached hydrogens (tertiary/aromatic N) is 6. The van der Waals surface area contributed by atoms with Crippen LogP contribution in [0.1, 0.15) is 28.8 Å². The molecule has 0 spiro atoms. The van der Waals surface area contributed by atoms with Crippen LogP contribution in [0.2, 0.25) is 0 Å². The Kier molecular flexibility index (Phi) is 14.1. The molecule has 5 heterocycles. The van der Waals surface area contributed by atoms with Gasteiger partial charge in [0.05, 0.1) is 23.8 Å². The van der Waals surface area contributed by atoms with E-state index in [1.807, 2.05) is 48.5 Å². The van der Waals surface area contributed by atoms with Crippen LogP contribution in [0.4, 0.5) is 4.39 Å². The Bertz CT molecular complexity index is 2730. The van der Waals surface area contributed by atoms with E-state index in [0.29, 0.717) is 70.4 Å². The molecule has 1 N–H and O–H groups in total. The van der Waals surface area contributed by atoms with Crippen molar-refractivity contribution in [3.63, 3.8) is 0 Å². The first-order valence-electron chi connectivity index (χ1n) is 20.9. The van der Waals surface area contributed by atoms with Crippen LogP contribution in [0.5, 0.6) is 17.4 Å². The van der Waals surface area contributed by atoms with E-state index >= 15 is 0 Å². The number of thiophene rings is 1. The molecule has 6 aromatic rings. The first-order valence-corrected chi connectivity index (χ1v) is 22.1. The highest BCUT2D eigenvalue weighted by molar-refractivity contribution is 7.22. The minimum atomic E-state index is -1.38. The van der Waals surface area contributed by atoms with Gasteiger partial charge in [0.2, 0.25) is 12.0 Å². The van der Waals surface area contributed by atoms with E-state index < -0.39 is 12.1 Å². The Hall–Kier alpha value is -6.37. The fourth-order valence-electron chi connectivity index (χ4n) is 7.80. The molecule has 12 nitrogen and oxygen atoms in total. The zero-order valence-corrected chi connectivity index (χ0v) is 36.9. The van der Waals surface area contributed by atoms with Crippen LogP contribution in [0.15, 0.2) is 108 Å². The molecular weight excluding hydrogens is 855 g/mol. The smallest absolute Gasteiger partial charge is 0.345 e. The molecule has 0 saturated carbocycles. The van der Waals surface area contributed by atoms with Crippen molar-refractivity contribution in [3.05, 3.63) is 136 Å². The third kappa shape index (κ3) is 10.5. The normalized spacial score (nSPS) is 18.8. The van der Waals surface area contributed by atoms with Crippen molar-refractivity contribution in [2.24, 2.45) is 0 Å². The van der Waals surface area contributed by atoms with Crippen molar-refractivity contribution in [1.29, 1.82) is 0 Å². The predicted molar refractivity (Wildman–Crippen MR) is 245 cm³/mol. The van der Waals surface area contributed by atoms with E-state index in [2.05, 4.69) is 37.7 Å². The summed E-state index contributed by atoms with van der Waals surface area (Å²) in [7, 11) is 3.71. The van der Waals surface area contributed by atoms with Crippen molar-refractivity contribution in [2.75, 3.05) is 46.9 Å². The van der Waals surface area contributed by atoms with Gasteiger partial charge in [-0.1, -0.05) is 60.0 Å². The number of aliphatic carboxylic acids is 1. The minimum absolute atomic E-state index is 0.0592. The maximum atomic E-state index is 14.2. The molecule has 0 radical (unpaired) electrons. The topological polar surface area (TPSA) is 132 Å². The van der Waals surface area contributed by atoms with Crippen molar-refractivity contribution in [1.82, 2.24) is 29.7 Å². The van der Waals surface area contributed by atoms with Gasteiger partial charge in [0.25, 0.3) is 0 Å². The average Bonchev–Trinajstić information content (AvgIpc) is 3.69. The Labute approximate surface area is 380 Å². The monoisotopic (exact) mass is 900 g/mol. The quantitative estimate of drug-likeness (QED) is 0.140. The molecule has 2 atom stereocenters. The molecule has 0 amide bonds. The van der Waals surface area contributed by atoms with Crippen LogP contribution in [0, 0.1) is 18.2 Å². The number of rotatable bonds is 9. The summed E-state index contributed by atoms with van der Waals surface area (Å²) in [6, 6.07) is 21.2. The van der Waals surface area contributed by atoms with Crippen molar-refractivity contribution >= 4 is 39.1 Å². The number of fused-ring (bicyclic) bond motifs is 2. The van der Waals surface area contributed by atoms with E-state index in [-0.39, 0.29) is 35.9 Å². The summed E-state index contributed by atoms with van der Waals surface area (Å²) >= 11 is 8.08. The number of likely N-dealkylation sites (N-methyl/N-ethyl adjacent to an activating group) is 1. The summed E-state index contributed by atoms with van der Waals surface area (Å²) < 4.78 is 39.3. The largest absolute Gasteiger partial charge is 0.496 e. The van der Waals surface area contributed by atoms with E-state index in [9.17, 15) is 14.3 Å². The third-order valence-electron chi connectivity index (χ3n) is 11.2. The zero-order chi connectivity index (χ0) is 44.6. The number of aryl methyl sites for hydroxylation is 1. The molecule has 2 aliphatic heterocycles. The lowest BCUT2D eigenvalue weighted by molar-refractivity contribution is -0.145. The Balaban J connectivity index is 1.19. The second kappa shape index (κ2) is 20.4. The lowest BCUT2D eigenvalue weighted by Gasteiger charge is -2.35. The Morgan fingerprint density at radius 1 is 1.03 bits per heavy atom. The van der Waals surface area contributed by atoms with Gasteiger partial charge in [-0.25, -0.2) is 29.1 Å². The number of para-hydroxylation sites is 1. The number of ether oxygens (including phenoxy) is 4.